The molecular weight excluding hydrogens is 671 g/mol. The molecule has 2 unspecified atom stereocenters. The van der Waals surface area contributed by atoms with Crippen LogP contribution in [0.4, 0.5) is 11.9 Å². The predicted molar refractivity (Wildman–Crippen MR) is 171 cm³/mol. The van der Waals surface area contributed by atoms with Crippen molar-refractivity contribution in [3.63, 3.8) is 0 Å². The highest BCUT2D eigenvalue weighted by Crippen LogP contribution is 2.49. The summed E-state index contributed by atoms with van der Waals surface area (Å²) in [7, 11) is 0.982. The van der Waals surface area contributed by atoms with Crippen LogP contribution < -0.4 is 27.7 Å². The molecule has 0 spiro atoms. The molecule has 2 fully saturated rings. The van der Waals surface area contributed by atoms with E-state index in [0.29, 0.717) is 13.0 Å². The third kappa shape index (κ3) is 7.10. The zero-order valence-corrected chi connectivity index (χ0v) is 27.7. The first-order valence-electron chi connectivity index (χ1n) is 15.3. The van der Waals surface area contributed by atoms with E-state index in [1.807, 2.05) is 19.0 Å². The van der Waals surface area contributed by atoms with Crippen molar-refractivity contribution in [1.82, 2.24) is 49.0 Å². The highest BCUT2D eigenvalue weighted by Gasteiger charge is 2.48. The van der Waals surface area contributed by atoms with Gasteiger partial charge in [0.2, 0.25) is 11.9 Å². The summed E-state index contributed by atoms with van der Waals surface area (Å²) >= 11 is 0. The summed E-state index contributed by atoms with van der Waals surface area (Å²) < 4.78 is 46.8. The Bertz CT molecular complexity index is 1950. The fourth-order valence-electron chi connectivity index (χ4n) is 5.84. The first kappa shape index (κ1) is 35.0. The number of imidazole rings is 2. The number of ether oxygens (including phenoxy) is 3. The lowest BCUT2D eigenvalue weighted by Gasteiger charge is -2.26. The molecule has 0 aliphatic carbocycles. The van der Waals surface area contributed by atoms with Gasteiger partial charge in [-0.05, 0) is 27.1 Å². The van der Waals surface area contributed by atoms with Gasteiger partial charge in [-0.1, -0.05) is 0 Å². The van der Waals surface area contributed by atoms with Gasteiger partial charge in [-0.15, -0.1) is 0 Å². The smallest absolute Gasteiger partial charge is 0.394 e. The lowest BCUT2D eigenvalue weighted by molar-refractivity contribution is -0.0597. The number of nitrogen functional groups attached to an aromatic ring is 2. The van der Waals surface area contributed by atoms with E-state index in [2.05, 4.69) is 35.0 Å². The van der Waals surface area contributed by atoms with Crippen LogP contribution >= 0.6 is 7.75 Å². The molecule has 0 aromatic carbocycles. The first-order chi connectivity index (χ1) is 23.4. The number of hydrogen-bond donors (Lipinski definition) is 7. The predicted octanol–water partition coefficient (Wildman–Crippen LogP) is -1.98. The third-order valence-corrected chi connectivity index (χ3v) is 9.85. The van der Waals surface area contributed by atoms with Gasteiger partial charge in [-0.3, -0.25) is 37.7 Å². The lowest BCUT2D eigenvalue weighted by atomic mass is 10.1. The lowest BCUT2D eigenvalue weighted by Crippen LogP contribution is -2.36. The van der Waals surface area contributed by atoms with Gasteiger partial charge in [0, 0.05) is 20.1 Å². The second-order valence-corrected chi connectivity index (χ2v) is 13.6. The van der Waals surface area contributed by atoms with Crippen LogP contribution in [0.2, 0.25) is 0 Å². The Morgan fingerprint density at radius 1 is 1.06 bits per heavy atom. The summed E-state index contributed by atoms with van der Waals surface area (Å²) in [5, 5.41) is 24.2. The van der Waals surface area contributed by atoms with Gasteiger partial charge in [-0.2, -0.15) is 9.97 Å². The molecule has 8 atom stereocenters. The third-order valence-electron chi connectivity index (χ3n) is 8.20. The zero-order chi connectivity index (χ0) is 35.0. The van der Waals surface area contributed by atoms with E-state index in [0.717, 1.165) is 0 Å². The van der Waals surface area contributed by atoms with Crippen LogP contribution in [0.3, 0.4) is 0 Å². The van der Waals surface area contributed by atoms with E-state index in [1.54, 1.807) is 0 Å². The largest absolute Gasteiger partial charge is 0.405 e. The van der Waals surface area contributed by atoms with Crippen LogP contribution in [-0.4, -0.2) is 132 Å². The monoisotopic (exact) mass is 710 g/mol. The SMILES string of the molecule is COC1[C@@H](O)[C@@H](COP(=O)(NCCCN(C)C)O[C@@H]2C[C@H](n3cnc4c(=O)[nH]c(N)nc43)O[C@@H]2CO)O[C@H]1n1cnc2c(=O)[nH]c(N)nc21. The number of aliphatic hydroxyl groups is 2. The van der Waals surface area contributed by atoms with Crippen molar-refractivity contribution in [1.29, 1.82) is 0 Å². The molecule has 0 bridgehead atoms. The minimum atomic E-state index is -4.19. The van der Waals surface area contributed by atoms with E-state index in [-0.39, 0.29) is 47.2 Å². The molecule has 9 N–H and O–H groups in total. The molecule has 2 aliphatic rings. The van der Waals surface area contributed by atoms with Crippen LogP contribution in [0.25, 0.3) is 22.3 Å². The number of fused-ring (bicyclic) bond motifs is 2. The number of nitrogens with two attached hydrogens (primary N) is 2. The van der Waals surface area contributed by atoms with Crippen molar-refractivity contribution in [2.45, 2.75) is 55.8 Å². The summed E-state index contributed by atoms with van der Waals surface area (Å²) in [5.41, 5.74) is 10.7. The minimum absolute atomic E-state index is 0.00642. The maximum Gasteiger partial charge on any atom is 0.405 e. The van der Waals surface area contributed by atoms with Crippen molar-refractivity contribution >= 4 is 42.0 Å². The Morgan fingerprint density at radius 2 is 1.69 bits per heavy atom. The molecule has 0 radical (unpaired) electrons. The van der Waals surface area contributed by atoms with Crippen molar-refractivity contribution in [3.8, 4) is 0 Å². The Labute approximate surface area is 277 Å². The number of anilines is 2. The summed E-state index contributed by atoms with van der Waals surface area (Å²) in [6, 6.07) is 0. The van der Waals surface area contributed by atoms with Crippen molar-refractivity contribution in [2.75, 3.05) is 59.0 Å². The quantitative estimate of drug-likeness (QED) is 0.0551. The Morgan fingerprint density at radius 3 is 2.31 bits per heavy atom. The van der Waals surface area contributed by atoms with Gasteiger partial charge in [-0.25, -0.2) is 19.6 Å². The Kier molecular flexibility index (Phi) is 10.1. The molecule has 4 aromatic heterocycles. The number of nitrogens with one attached hydrogen (secondary N) is 3. The van der Waals surface area contributed by atoms with Crippen molar-refractivity contribution < 1.29 is 38.0 Å². The molecule has 268 valence electrons. The second-order valence-electron chi connectivity index (χ2n) is 11.9. The van der Waals surface area contributed by atoms with Gasteiger partial charge in [0.1, 0.15) is 36.7 Å². The van der Waals surface area contributed by atoms with Crippen LogP contribution in [-0.2, 0) is 27.8 Å². The van der Waals surface area contributed by atoms with E-state index in [4.69, 9.17) is 34.7 Å². The average molecular weight is 711 g/mol. The molecule has 22 nitrogen and oxygen atoms in total. The number of aromatic amines is 2. The molecule has 49 heavy (non-hydrogen) atoms. The molecule has 6 rings (SSSR count). The normalized spacial score (nSPS) is 27.1. The molecular formula is C26H39N12O10P. The number of H-pyrrole nitrogens is 2. The maximum atomic E-state index is 14.3. The van der Waals surface area contributed by atoms with E-state index in [1.165, 1.54) is 28.9 Å². The van der Waals surface area contributed by atoms with Crippen LogP contribution in [0, 0.1) is 0 Å². The van der Waals surface area contributed by atoms with Crippen LogP contribution in [0.15, 0.2) is 22.2 Å². The molecule has 23 heteroatoms. The first-order valence-corrected chi connectivity index (χ1v) is 16.9. The van der Waals surface area contributed by atoms with Gasteiger partial charge in [0.15, 0.2) is 28.6 Å². The molecule has 6 heterocycles. The zero-order valence-electron chi connectivity index (χ0n) is 26.8. The number of hydrogen-bond acceptors (Lipinski definition) is 17. The van der Waals surface area contributed by atoms with E-state index >= 15 is 0 Å². The average Bonchev–Trinajstić information content (AvgIpc) is 3.82. The fourth-order valence-corrected chi connectivity index (χ4v) is 7.42. The van der Waals surface area contributed by atoms with Crippen LogP contribution in [0.5, 0.6) is 0 Å². The Balaban J connectivity index is 1.20. The van der Waals surface area contributed by atoms with E-state index < -0.39 is 75.1 Å². The molecule has 0 saturated carbocycles. The van der Waals surface area contributed by atoms with Gasteiger partial charge in [0.25, 0.3) is 11.1 Å². The number of nitrogens with zero attached hydrogens (tertiary/aromatic N) is 7. The standard InChI is InChI=1S/C26H39N12O10P/c1-36(2)6-4-5-31-49(43,48-12-7-15(46-13(12)8-39)37-10-29-16-20(37)32-25(27)34-22(16)41)45-9-14-18(40)19(44-3)24(47-14)38-11-30-17-21(38)33-26(28)35-23(17)42/h10-15,18-19,24,39-40H,4-9H2,1-3H3,(H,31,43)(H3,27,32,34,41)(H3,28,33,35,42)/t12-,13-,14-,15-,18+,19?,24-,49?/m1/s1. The van der Waals surface area contributed by atoms with Crippen LogP contribution in [0.1, 0.15) is 25.3 Å². The number of rotatable bonds is 14. The summed E-state index contributed by atoms with van der Waals surface area (Å²) in [4.78, 5) is 47.8. The highest BCUT2D eigenvalue weighted by molar-refractivity contribution is 7.51. The number of aromatic nitrogens is 8. The minimum Gasteiger partial charge on any atom is -0.394 e. The maximum absolute atomic E-state index is 14.3. The Hall–Kier alpha value is -3.83. The van der Waals surface area contributed by atoms with Gasteiger partial charge < -0.3 is 40.8 Å². The highest BCUT2D eigenvalue weighted by atomic mass is 31.2. The molecule has 2 aliphatic heterocycles. The van der Waals surface area contributed by atoms with Gasteiger partial charge in [0.05, 0.1) is 25.9 Å². The molecule has 0 amide bonds. The fraction of sp³-hybridized carbons (Fsp3) is 0.615. The summed E-state index contributed by atoms with van der Waals surface area (Å²) in [5.74, 6) is -0.257. The molecule has 4 aromatic rings. The molecule has 2 saturated heterocycles. The topological polar surface area (TPSA) is 298 Å². The number of methoxy groups -OCH3 is 1. The summed E-state index contributed by atoms with van der Waals surface area (Å²) in [6.07, 6.45) is -3.75. The number of aliphatic hydroxyl groups excluding tert-OH is 2. The van der Waals surface area contributed by atoms with E-state index in [9.17, 15) is 24.4 Å². The summed E-state index contributed by atoms with van der Waals surface area (Å²) in [6.45, 7) is -0.0101. The van der Waals surface area contributed by atoms with Gasteiger partial charge >= 0.3 is 7.75 Å². The van der Waals surface area contributed by atoms with Crippen molar-refractivity contribution in [3.05, 3.63) is 33.4 Å². The second kappa shape index (κ2) is 14.2. The van der Waals surface area contributed by atoms with Crippen molar-refractivity contribution in [2.24, 2.45) is 0 Å².